The van der Waals surface area contributed by atoms with Gasteiger partial charge in [0, 0.05) is 43.5 Å². The SMILES string of the molecule is COc1cc([C@@H]2Cc3c(cnc4[nH]n(-c5ccccc5)c(=O)c34)C(=O)/C2=C\N(C)C)cc(OC)c1OC. The average molecular weight is 501 g/mol. The molecule has 9 nitrogen and oxygen atoms in total. The van der Waals surface area contributed by atoms with E-state index in [1.807, 2.05) is 67.7 Å². The van der Waals surface area contributed by atoms with Gasteiger partial charge in [-0.3, -0.25) is 14.7 Å². The number of carbonyl (C=O) groups excluding carboxylic acids is 1. The van der Waals surface area contributed by atoms with Crippen LogP contribution in [0.1, 0.15) is 27.4 Å². The summed E-state index contributed by atoms with van der Waals surface area (Å²) in [6.45, 7) is 0. The number of hydrogen-bond acceptors (Lipinski definition) is 7. The zero-order chi connectivity index (χ0) is 26.3. The van der Waals surface area contributed by atoms with E-state index in [0.717, 1.165) is 5.56 Å². The third kappa shape index (κ3) is 4.02. The monoisotopic (exact) mass is 500 g/mol. The van der Waals surface area contributed by atoms with Gasteiger partial charge in [-0.05, 0) is 41.8 Å². The van der Waals surface area contributed by atoms with Gasteiger partial charge in [0.05, 0.1) is 32.4 Å². The second-order valence-corrected chi connectivity index (χ2v) is 9.05. The molecule has 0 spiro atoms. The number of carbonyl (C=O) groups is 1. The van der Waals surface area contributed by atoms with Crippen LogP contribution in [0.3, 0.4) is 0 Å². The summed E-state index contributed by atoms with van der Waals surface area (Å²) >= 11 is 0. The molecular formula is C28H28N4O5. The van der Waals surface area contributed by atoms with Crippen LogP contribution in [-0.4, -0.2) is 60.9 Å². The summed E-state index contributed by atoms with van der Waals surface area (Å²) < 4.78 is 18.1. The molecule has 0 radical (unpaired) electrons. The van der Waals surface area contributed by atoms with Crippen LogP contribution in [-0.2, 0) is 6.42 Å². The normalized spacial score (nSPS) is 16.1. The summed E-state index contributed by atoms with van der Waals surface area (Å²) in [6, 6.07) is 13.0. The average Bonchev–Trinajstić information content (AvgIpc) is 3.26. The first kappa shape index (κ1) is 24.2. The minimum absolute atomic E-state index is 0.171. The number of Topliss-reactive ketones (excluding diaryl/α,β-unsaturated/α-hetero) is 1. The predicted octanol–water partition coefficient (Wildman–Crippen LogP) is 3.71. The van der Waals surface area contributed by atoms with Crippen molar-refractivity contribution in [2.45, 2.75) is 12.3 Å². The Hall–Kier alpha value is -4.53. The topological polar surface area (TPSA) is 98.7 Å². The number of methoxy groups -OCH3 is 3. The molecule has 4 aromatic rings. The lowest BCUT2D eigenvalue weighted by molar-refractivity contribution is 0.101. The molecule has 0 aliphatic heterocycles. The van der Waals surface area contributed by atoms with Crippen LogP contribution in [0, 0.1) is 0 Å². The lowest BCUT2D eigenvalue weighted by atomic mass is 9.75. The molecule has 2 aromatic carbocycles. The van der Waals surface area contributed by atoms with Crippen molar-refractivity contribution >= 4 is 16.8 Å². The second-order valence-electron chi connectivity index (χ2n) is 9.05. The molecule has 5 rings (SSSR count). The third-order valence-electron chi connectivity index (χ3n) is 6.61. The molecule has 2 aromatic heterocycles. The Bertz CT molecular complexity index is 1560. The summed E-state index contributed by atoms with van der Waals surface area (Å²) in [5.74, 6) is 0.924. The quantitative estimate of drug-likeness (QED) is 0.403. The third-order valence-corrected chi connectivity index (χ3v) is 6.61. The van der Waals surface area contributed by atoms with E-state index in [-0.39, 0.29) is 17.3 Å². The molecule has 1 atom stereocenters. The summed E-state index contributed by atoms with van der Waals surface area (Å²) in [4.78, 5) is 33.7. The highest BCUT2D eigenvalue weighted by Gasteiger charge is 2.35. The van der Waals surface area contributed by atoms with Gasteiger partial charge in [0.25, 0.3) is 5.56 Å². The van der Waals surface area contributed by atoms with Crippen LogP contribution in [0.5, 0.6) is 17.2 Å². The van der Waals surface area contributed by atoms with Crippen molar-refractivity contribution in [2.75, 3.05) is 35.4 Å². The van der Waals surface area contributed by atoms with Crippen molar-refractivity contribution in [3.63, 3.8) is 0 Å². The number of aromatic nitrogens is 3. The zero-order valence-electron chi connectivity index (χ0n) is 21.4. The molecule has 0 amide bonds. The Morgan fingerprint density at radius 3 is 2.30 bits per heavy atom. The largest absolute Gasteiger partial charge is 0.493 e. The van der Waals surface area contributed by atoms with E-state index in [1.165, 1.54) is 4.68 Å². The van der Waals surface area contributed by atoms with Crippen molar-refractivity contribution in [3.8, 4) is 22.9 Å². The number of allylic oxidation sites excluding steroid dienone is 1. The van der Waals surface area contributed by atoms with Gasteiger partial charge in [-0.15, -0.1) is 0 Å². The Morgan fingerprint density at radius 2 is 1.70 bits per heavy atom. The highest BCUT2D eigenvalue weighted by atomic mass is 16.5. The lowest BCUT2D eigenvalue weighted by Gasteiger charge is -2.29. The second kappa shape index (κ2) is 9.50. The highest BCUT2D eigenvalue weighted by Crippen LogP contribution is 2.45. The molecular weight excluding hydrogens is 472 g/mol. The number of rotatable bonds is 6. The standard InChI is InChI=1S/C28H28N4O5/c1-31(2)15-21-18(16-11-22(35-3)26(37-5)23(12-16)36-4)13-19-20(25(21)33)14-29-27-24(19)28(34)32(30-27)17-9-7-6-8-10-17/h6-12,14-15,18H,13H2,1-5H3,(H,29,30)/b21-15-/t18-/m0/s1. The zero-order valence-corrected chi connectivity index (χ0v) is 21.4. The van der Waals surface area contributed by atoms with E-state index in [0.29, 0.717) is 57.1 Å². The number of fused-ring (bicyclic) bond motifs is 3. The minimum atomic E-state index is -0.360. The molecule has 0 saturated carbocycles. The van der Waals surface area contributed by atoms with Gasteiger partial charge >= 0.3 is 0 Å². The van der Waals surface area contributed by atoms with Gasteiger partial charge in [0.2, 0.25) is 5.75 Å². The van der Waals surface area contributed by atoms with Gasteiger partial charge in [0.15, 0.2) is 22.9 Å². The van der Waals surface area contributed by atoms with E-state index < -0.39 is 0 Å². The van der Waals surface area contributed by atoms with Crippen LogP contribution < -0.4 is 19.8 Å². The Labute approximate surface area is 213 Å². The Balaban J connectivity index is 1.74. The summed E-state index contributed by atoms with van der Waals surface area (Å²) in [7, 11) is 8.40. The van der Waals surface area contributed by atoms with Crippen LogP contribution in [0.4, 0.5) is 0 Å². The first-order valence-corrected chi connectivity index (χ1v) is 11.8. The van der Waals surface area contributed by atoms with Crippen molar-refractivity contribution in [3.05, 3.63) is 87.5 Å². The minimum Gasteiger partial charge on any atom is -0.493 e. The van der Waals surface area contributed by atoms with E-state index >= 15 is 0 Å². The van der Waals surface area contributed by atoms with Crippen molar-refractivity contribution < 1.29 is 19.0 Å². The van der Waals surface area contributed by atoms with Gasteiger partial charge in [-0.2, -0.15) is 0 Å². The molecule has 0 fully saturated rings. The number of H-pyrrole nitrogens is 1. The number of benzene rings is 2. The van der Waals surface area contributed by atoms with Gasteiger partial charge in [-0.1, -0.05) is 18.2 Å². The number of hydrogen-bond donors (Lipinski definition) is 1. The fourth-order valence-electron chi connectivity index (χ4n) is 4.95. The van der Waals surface area contributed by atoms with E-state index in [1.54, 1.807) is 27.5 Å². The fourth-order valence-corrected chi connectivity index (χ4v) is 4.95. The summed E-state index contributed by atoms with van der Waals surface area (Å²) in [5.41, 5.74) is 3.38. The maximum absolute atomic E-state index is 13.9. The van der Waals surface area contributed by atoms with Crippen LogP contribution >= 0.6 is 0 Å². The number of nitrogens with one attached hydrogen (secondary N) is 1. The summed E-state index contributed by atoms with van der Waals surface area (Å²) in [6.07, 6.45) is 3.79. The predicted molar refractivity (Wildman–Crippen MR) is 140 cm³/mol. The molecule has 1 N–H and O–H groups in total. The van der Waals surface area contributed by atoms with E-state index in [9.17, 15) is 9.59 Å². The lowest BCUT2D eigenvalue weighted by Crippen LogP contribution is -2.26. The molecule has 37 heavy (non-hydrogen) atoms. The first-order valence-electron chi connectivity index (χ1n) is 11.8. The van der Waals surface area contributed by atoms with Gasteiger partial charge in [-0.25, -0.2) is 9.67 Å². The maximum Gasteiger partial charge on any atom is 0.281 e. The number of aromatic amines is 1. The van der Waals surface area contributed by atoms with E-state index in [4.69, 9.17) is 14.2 Å². The molecule has 1 aliphatic rings. The van der Waals surface area contributed by atoms with Crippen molar-refractivity contribution in [1.82, 2.24) is 19.7 Å². The number of ketones is 1. The molecule has 1 aliphatic carbocycles. The first-order chi connectivity index (χ1) is 17.9. The number of nitrogens with zero attached hydrogens (tertiary/aromatic N) is 3. The molecule has 2 heterocycles. The molecule has 0 unspecified atom stereocenters. The van der Waals surface area contributed by atoms with Crippen LogP contribution in [0.15, 0.2) is 65.2 Å². The van der Waals surface area contributed by atoms with Crippen LogP contribution in [0.2, 0.25) is 0 Å². The van der Waals surface area contributed by atoms with Gasteiger partial charge < -0.3 is 19.1 Å². The smallest absolute Gasteiger partial charge is 0.281 e. The summed E-state index contributed by atoms with van der Waals surface area (Å²) in [5, 5.41) is 3.51. The molecule has 0 bridgehead atoms. The van der Waals surface area contributed by atoms with Crippen LogP contribution in [0.25, 0.3) is 16.7 Å². The fraction of sp³-hybridized carbons (Fsp3) is 0.250. The Kier molecular flexibility index (Phi) is 6.20. The number of ether oxygens (including phenoxy) is 3. The molecule has 0 saturated heterocycles. The number of para-hydroxylation sites is 1. The van der Waals surface area contributed by atoms with Gasteiger partial charge in [0.1, 0.15) is 0 Å². The maximum atomic E-state index is 13.9. The highest BCUT2D eigenvalue weighted by molar-refractivity contribution is 6.13. The molecule has 9 heteroatoms. The van der Waals surface area contributed by atoms with E-state index in [2.05, 4.69) is 10.1 Å². The Morgan fingerprint density at radius 1 is 1.03 bits per heavy atom. The molecule has 190 valence electrons. The number of pyridine rings is 1. The van der Waals surface area contributed by atoms with Crippen molar-refractivity contribution in [1.29, 1.82) is 0 Å². The van der Waals surface area contributed by atoms with Crippen molar-refractivity contribution in [2.24, 2.45) is 0 Å².